The number of piperidine rings is 1. The molecule has 2 fully saturated rings. The van der Waals surface area contributed by atoms with Gasteiger partial charge >= 0.3 is 5.97 Å². The van der Waals surface area contributed by atoms with Gasteiger partial charge in [-0.15, -0.1) is 12.4 Å². The first-order chi connectivity index (χ1) is 18.9. The Balaban J connectivity index is 0.00000370. The number of fused-ring (bicyclic) bond motifs is 1. The fourth-order valence-corrected chi connectivity index (χ4v) is 6.98. The predicted molar refractivity (Wildman–Crippen MR) is 165 cm³/mol. The van der Waals surface area contributed by atoms with Crippen molar-refractivity contribution in [2.75, 3.05) is 26.2 Å². The summed E-state index contributed by atoms with van der Waals surface area (Å²) in [7, 11) is 0. The molecule has 1 amide bonds. The second kappa shape index (κ2) is 13.4. The third-order valence-corrected chi connectivity index (χ3v) is 9.17. The summed E-state index contributed by atoms with van der Waals surface area (Å²) in [5.74, 6) is -0.485. The van der Waals surface area contributed by atoms with Gasteiger partial charge in [0.25, 0.3) is 0 Å². The number of rotatable bonds is 8. The Bertz CT molecular complexity index is 1320. The molecule has 2 aromatic carbocycles. The Labute approximate surface area is 248 Å². The van der Waals surface area contributed by atoms with E-state index in [0.29, 0.717) is 17.0 Å². The van der Waals surface area contributed by atoms with Crippen molar-refractivity contribution in [3.63, 3.8) is 0 Å². The lowest BCUT2D eigenvalue weighted by atomic mass is 9.82. The van der Waals surface area contributed by atoms with E-state index in [-0.39, 0.29) is 30.4 Å². The van der Waals surface area contributed by atoms with Crippen LogP contribution in [-0.4, -0.2) is 63.6 Å². The molecule has 1 saturated carbocycles. The van der Waals surface area contributed by atoms with Gasteiger partial charge in [0.05, 0.1) is 16.8 Å². The number of carboxylic acid groups (broad SMARTS) is 1. The van der Waals surface area contributed by atoms with Crippen molar-refractivity contribution in [3.05, 3.63) is 58.6 Å². The molecule has 1 saturated heterocycles. The van der Waals surface area contributed by atoms with Gasteiger partial charge in [-0.25, -0.2) is 4.79 Å². The lowest BCUT2D eigenvalue weighted by molar-refractivity contribution is -0.133. The molecule has 1 aliphatic heterocycles. The largest absolute Gasteiger partial charge is 0.478 e. The number of aromatic carboxylic acids is 1. The van der Waals surface area contributed by atoms with Gasteiger partial charge in [-0.3, -0.25) is 4.79 Å². The summed E-state index contributed by atoms with van der Waals surface area (Å²) in [6.07, 6.45) is 7.80. The fourth-order valence-electron chi connectivity index (χ4n) is 6.85. The van der Waals surface area contributed by atoms with Crippen molar-refractivity contribution in [3.8, 4) is 11.3 Å². The van der Waals surface area contributed by atoms with Crippen LogP contribution in [0.25, 0.3) is 22.2 Å². The van der Waals surface area contributed by atoms with Crippen molar-refractivity contribution < 1.29 is 14.7 Å². The van der Waals surface area contributed by atoms with Gasteiger partial charge in [0, 0.05) is 29.5 Å². The van der Waals surface area contributed by atoms with Gasteiger partial charge in [0.2, 0.25) is 5.91 Å². The van der Waals surface area contributed by atoms with E-state index in [4.69, 9.17) is 11.6 Å². The molecule has 0 spiro atoms. The lowest BCUT2D eigenvalue weighted by Crippen LogP contribution is -2.47. The number of amides is 1. The number of likely N-dealkylation sites (tertiary alicyclic amines) is 1. The van der Waals surface area contributed by atoms with Crippen molar-refractivity contribution in [2.45, 2.75) is 77.3 Å². The number of benzene rings is 2. The number of halogens is 2. The summed E-state index contributed by atoms with van der Waals surface area (Å²) in [6.45, 7) is 8.17. The zero-order valence-electron chi connectivity index (χ0n) is 23.6. The molecular formula is C32H41Cl2N3O3. The lowest BCUT2D eigenvalue weighted by Gasteiger charge is -2.37. The number of hydrogen-bond acceptors (Lipinski definition) is 3. The Morgan fingerprint density at radius 3 is 2.20 bits per heavy atom. The van der Waals surface area contributed by atoms with Crippen LogP contribution >= 0.6 is 24.0 Å². The van der Waals surface area contributed by atoms with Gasteiger partial charge in [-0.2, -0.15) is 0 Å². The van der Waals surface area contributed by atoms with Gasteiger partial charge in [-0.05, 0) is 80.1 Å². The van der Waals surface area contributed by atoms with Gasteiger partial charge in [-0.1, -0.05) is 62.9 Å². The molecule has 0 atom stereocenters. The first kappa shape index (κ1) is 30.4. The van der Waals surface area contributed by atoms with E-state index >= 15 is 0 Å². The normalized spacial score (nSPS) is 16.9. The van der Waals surface area contributed by atoms with Crippen LogP contribution in [0.3, 0.4) is 0 Å². The van der Waals surface area contributed by atoms with Gasteiger partial charge < -0.3 is 19.5 Å². The molecule has 1 aliphatic carbocycles. The molecule has 6 nitrogen and oxygen atoms in total. The smallest absolute Gasteiger partial charge is 0.335 e. The van der Waals surface area contributed by atoms with Crippen LogP contribution in [0.15, 0.2) is 42.5 Å². The zero-order chi connectivity index (χ0) is 27.5. The summed E-state index contributed by atoms with van der Waals surface area (Å²) < 4.78 is 2.09. The minimum absolute atomic E-state index is 0. The summed E-state index contributed by atoms with van der Waals surface area (Å²) in [5.41, 5.74) is 4.36. The molecule has 0 radical (unpaired) electrons. The standard InChI is InChI=1S/C32H40ClN3O3.ClH/c1-3-34(4-2)26-16-18-35(19-17-26)29(37)21-36-28-20-24(32(38)39)12-15-27(28)30(22-8-6-5-7-9-22)31(36)23-10-13-25(33)14-11-23;/h10-15,20,22,26H,3-9,16-19,21H2,1-2H3,(H,38,39);1H. The first-order valence-corrected chi connectivity index (χ1v) is 15.0. The van der Waals surface area contributed by atoms with E-state index in [1.54, 1.807) is 12.1 Å². The van der Waals surface area contributed by atoms with Crippen LogP contribution in [0.4, 0.5) is 0 Å². The molecule has 0 bridgehead atoms. The molecule has 5 rings (SSSR count). The maximum Gasteiger partial charge on any atom is 0.335 e. The summed E-state index contributed by atoms with van der Waals surface area (Å²) in [6, 6.07) is 13.8. The number of hydrogen-bond donors (Lipinski definition) is 1. The number of carboxylic acids is 1. The summed E-state index contributed by atoms with van der Waals surface area (Å²) >= 11 is 6.27. The highest BCUT2D eigenvalue weighted by Gasteiger charge is 2.30. The minimum atomic E-state index is -0.957. The Morgan fingerprint density at radius 1 is 0.950 bits per heavy atom. The second-order valence-electron chi connectivity index (χ2n) is 11.1. The maximum absolute atomic E-state index is 13.8. The quantitative estimate of drug-likeness (QED) is 0.298. The number of nitrogens with zero attached hydrogens (tertiary/aromatic N) is 3. The van der Waals surface area contributed by atoms with Crippen LogP contribution < -0.4 is 0 Å². The van der Waals surface area contributed by atoms with E-state index in [9.17, 15) is 14.7 Å². The van der Waals surface area contributed by atoms with E-state index in [1.807, 2.05) is 35.2 Å². The van der Waals surface area contributed by atoms with Gasteiger partial charge in [0.1, 0.15) is 6.54 Å². The molecule has 0 unspecified atom stereocenters. The molecule has 1 N–H and O–H groups in total. The van der Waals surface area contributed by atoms with Crippen molar-refractivity contribution in [1.29, 1.82) is 0 Å². The van der Waals surface area contributed by atoms with E-state index < -0.39 is 5.97 Å². The van der Waals surface area contributed by atoms with Crippen molar-refractivity contribution in [1.82, 2.24) is 14.4 Å². The highest BCUT2D eigenvalue weighted by atomic mass is 35.5. The first-order valence-electron chi connectivity index (χ1n) is 14.6. The summed E-state index contributed by atoms with van der Waals surface area (Å²) in [5, 5.41) is 11.5. The van der Waals surface area contributed by atoms with Crippen LogP contribution in [0.2, 0.25) is 5.02 Å². The average Bonchev–Trinajstić information content (AvgIpc) is 3.28. The average molecular weight is 587 g/mol. The molecule has 1 aromatic heterocycles. The van der Waals surface area contributed by atoms with Crippen LogP contribution in [0.1, 0.15) is 80.6 Å². The second-order valence-corrected chi connectivity index (χ2v) is 11.5. The van der Waals surface area contributed by atoms with Gasteiger partial charge in [0.15, 0.2) is 0 Å². The Hall–Kier alpha value is -2.54. The molecular weight excluding hydrogens is 545 g/mol. The third kappa shape index (κ3) is 6.19. The summed E-state index contributed by atoms with van der Waals surface area (Å²) in [4.78, 5) is 30.3. The number of carbonyl (C=O) groups is 2. The van der Waals surface area contributed by atoms with Crippen LogP contribution in [0, 0.1) is 0 Å². The maximum atomic E-state index is 13.8. The Kier molecular flexibility index (Phi) is 10.2. The molecule has 2 heterocycles. The minimum Gasteiger partial charge on any atom is -0.478 e. The third-order valence-electron chi connectivity index (χ3n) is 8.92. The highest BCUT2D eigenvalue weighted by Crippen LogP contribution is 2.44. The number of aromatic nitrogens is 1. The topological polar surface area (TPSA) is 65.8 Å². The highest BCUT2D eigenvalue weighted by molar-refractivity contribution is 6.30. The molecule has 40 heavy (non-hydrogen) atoms. The fraction of sp³-hybridized carbons (Fsp3) is 0.500. The van der Waals surface area contributed by atoms with Crippen LogP contribution in [0.5, 0.6) is 0 Å². The monoisotopic (exact) mass is 585 g/mol. The van der Waals surface area contributed by atoms with E-state index in [2.05, 4.69) is 23.3 Å². The molecule has 216 valence electrons. The zero-order valence-corrected chi connectivity index (χ0v) is 25.1. The van der Waals surface area contributed by atoms with Crippen LogP contribution in [-0.2, 0) is 11.3 Å². The molecule has 3 aromatic rings. The van der Waals surface area contributed by atoms with E-state index in [0.717, 1.165) is 74.0 Å². The SMILES string of the molecule is CCN(CC)C1CCN(C(=O)Cn2c(-c3ccc(Cl)cc3)c(C3CCCCC3)c3ccc(C(=O)O)cc32)CC1.Cl. The van der Waals surface area contributed by atoms with Crippen molar-refractivity contribution in [2.24, 2.45) is 0 Å². The molecule has 8 heteroatoms. The molecule has 2 aliphatic rings. The predicted octanol–water partition coefficient (Wildman–Crippen LogP) is 7.46. The Morgan fingerprint density at radius 2 is 1.60 bits per heavy atom. The van der Waals surface area contributed by atoms with E-state index in [1.165, 1.54) is 24.8 Å². The van der Waals surface area contributed by atoms with Crippen molar-refractivity contribution >= 4 is 46.8 Å². The number of carbonyl (C=O) groups excluding carboxylic acids is 1.